The normalized spacial score (nSPS) is 10.8. The third kappa shape index (κ3) is 4.80. The van der Waals surface area contributed by atoms with Gasteiger partial charge in [-0.25, -0.2) is 0 Å². The van der Waals surface area contributed by atoms with Crippen molar-refractivity contribution >= 4 is 10.9 Å². The Labute approximate surface area is 164 Å². The average molecular weight is 371 g/mol. The van der Waals surface area contributed by atoms with Gasteiger partial charge in [0.25, 0.3) is 0 Å². The second-order valence-corrected chi connectivity index (χ2v) is 6.35. The van der Waals surface area contributed by atoms with Crippen LogP contribution >= 0.6 is 0 Å². The van der Waals surface area contributed by atoms with E-state index < -0.39 is 0 Å². The summed E-state index contributed by atoms with van der Waals surface area (Å²) in [6, 6.07) is 29.2. The van der Waals surface area contributed by atoms with E-state index in [1.165, 1.54) is 0 Å². The second kappa shape index (κ2) is 8.91. The Kier molecular flexibility index (Phi) is 5.68. The SMILES string of the molecule is c1ccc(OCC(COc2ccccc2)Oc2ccc3ncccc3c2)cc1. The van der Waals surface area contributed by atoms with E-state index in [-0.39, 0.29) is 6.10 Å². The maximum atomic E-state index is 6.19. The van der Waals surface area contributed by atoms with Crippen LogP contribution in [0, 0.1) is 0 Å². The van der Waals surface area contributed by atoms with E-state index in [0.29, 0.717) is 13.2 Å². The van der Waals surface area contributed by atoms with Crippen LogP contribution in [-0.2, 0) is 0 Å². The zero-order valence-electron chi connectivity index (χ0n) is 15.4. The standard InChI is InChI=1S/C24H21NO3/c1-3-9-20(10-4-1)26-17-23(18-27-21-11-5-2-6-12-21)28-22-13-14-24-19(16-22)8-7-15-25-24/h1-16,23H,17-18H2. The van der Waals surface area contributed by atoms with E-state index in [2.05, 4.69) is 4.98 Å². The molecule has 28 heavy (non-hydrogen) atoms. The van der Waals surface area contributed by atoms with E-state index >= 15 is 0 Å². The quantitative estimate of drug-likeness (QED) is 0.430. The summed E-state index contributed by atoms with van der Waals surface area (Å²) in [4.78, 5) is 4.35. The molecule has 0 saturated heterocycles. The van der Waals surface area contributed by atoms with Crippen LogP contribution in [0.2, 0.25) is 0 Å². The van der Waals surface area contributed by atoms with E-state index in [0.717, 1.165) is 28.2 Å². The molecule has 0 aliphatic carbocycles. The molecule has 0 bridgehead atoms. The van der Waals surface area contributed by atoms with Crippen LogP contribution in [0.1, 0.15) is 0 Å². The van der Waals surface area contributed by atoms with Gasteiger partial charge in [-0.15, -0.1) is 0 Å². The first kappa shape index (κ1) is 17.9. The molecule has 0 aliphatic rings. The molecule has 0 unspecified atom stereocenters. The summed E-state index contributed by atoms with van der Waals surface area (Å²) in [6.07, 6.45) is 1.52. The number of para-hydroxylation sites is 2. The lowest BCUT2D eigenvalue weighted by molar-refractivity contribution is 0.0813. The van der Waals surface area contributed by atoms with Crippen LogP contribution in [0.4, 0.5) is 0 Å². The number of nitrogens with zero attached hydrogens (tertiary/aromatic N) is 1. The molecule has 0 fully saturated rings. The number of fused-ring (bicyclic) bond motifs is 1. The van der Waals surface area contributed by atoms with Crippen molar-refractivity contribution in [2.45, 2.75) is 6.10 Å². The molecule has 3 aromatic carbocycles. The molecule has 4 aromatic rings. The molecule has 140 valence electrons. The summed E-state index contributed by atoms with van der Waals surface area (Å²) in [5.41, 5.74) is 0.937. The van der Waals surface area contributed by atoms with Crippen LogP contribution in [0.5, 0.6) is 17.2 Å². The van der Waals surface area contributed by atoms with Gasteiger partial charge >= 0.3 is 0 Å². The van der Waals surface area contributed by atoms with Gasteiger partial charge in [0, 0.05) is 11.6 Å². The lowest BCUT2D eigenvalue weighted by Crippen LogP contribution is -2.31. The van der Waals surface area contributed by atoms with Gasteiger partial charge in [-0.05, 0) is 48.5 Å². The molecule has 0 spiro atoms. The molecule has 1 heterocycles. The fourth-order valence-corrected chi connectivity index (χ4v) is 2.85. The lowest BCUT2D eigenvalue weighted by Gasteiger charge is -2.20. The second-order valence-electron chi connectivity index (χ2n) is 6.35. The van der Waals surface area contributed by atoms with Gasteiger partial charge in [-0.2, -0.15) is 0 Å². The van der Waals surface area contributed by atoms with Crippen LogP contribution in [-0.4, -0.2) is 24.3 Å². The molecule has 4 rings (SSSR count). The minimum Gasteiger partial charge on any atom is -0.490 e. The summed E-state index contributed by atoms with van der Waals surface area (Å²) in [7, 11) is 0. The number of benzene rings is 3. The van der Waals surface area contributed by atoms with E-state index in [4.69, 9.17) is 14.2 Å². The number of hydrogen-bond donors (Lipinski definition) is 0. The molecule has 0 radical (unpaired) electrons. The van der Waals surface area contributed by atoms with Gasteiger partial charge in [-0.3, -0.25) is 4.98 Å². The Balaban J connectivity index is 1.47. The average Bonchev–Trinajstić information content (AvgIpc) is 2.77. The Hall–Kier alpha value is -3.53. The molecular weight excluding hydrogens is 350 g/mol. The van der Waals surface area contributed by atoms with Gasteiger partial charge in [0.2, 0.25) is 0 Å². The maximum Gasteiger partial charge on any atom is 0.166 e. The number of pyridine rings is 1. The maximum absolute atomic E-state index is 6.19. The first-order valence-electron chi connectivity index (χ1n) is 9.24. The minimum absolute atomic E-state index is 0.269. The first-order chi connectivity index (χ1) is 13.9. The fourth-order valence-electron chi connectivity index (χ4n) is 2.85. The predicted octanol–water partition coefficient (Wildman–Crippen LogP) is 5.14. The first-order valence-corrected chi connectivity index (χ1v) is 9.24. The van der Waals surface area contributed by atoms with Crippen molar-refractivity contribution in [3.63, 3.8) is 0 Å². The lowest BCUT2D eigenvalue weighted by atomic mass is 10.2. The van der Waals surface area contributed by atoms with Gasteiger partial charge < -0.3 is 14.2 Å². The van der Waals surface area contributed by atoms with Crippen molar-refractivity contribution in [2.24, 2.45) is 0 Å². The van der Waals surface area contributed by atoms with Crippen molar-refractivity contribution in [3.8, 4) is 17.2 Å². The van der Waals surface area contributed by atoms with Crippen molar-refractivity contribution in [1.29, 1.82) is 0 Å². The summed E-state index contributed by atoms with van der Waals surface area (Å²) in [6.45, 7) is 0.754. The van der Waals surface area contributed by atoms with Crippen LogP contribution < -0.4 is 14.2 Å². The highest BCUT2D eigenvalue weighted by atomic mass is 16.6. The minimum atomic E-state index is -0.269. The largest absolute Gasteiger partial charge is 0.490 e. The Bertz CT molecular complexity index is 962. The molecule has 4 heteroatoms. The summed E-state index contributed by atoms with van der Waals surface area (Å²) >= 11 is 0. The zero-order valence-corrected chi connectivity index (χ0v) is 15.4. The van der Waals surface area contributed by atoms with Gasteiger partial charge in [-0.1, -0.05) is 42.5 Å². The number of aromatic nitrogens is 1. The zero-order chi connectivity index (χ0) is 19.0. The van der Waals surface area contributed by atoms with Crippen molar-refractivity contribution in [3.05, 3.63) is 97.2 Å². The highest BCUT2D eigenvalue weighted by molar-refractivity contribution is 5.79. The predicted molar refractivity (Wildman–Crippen MR) is 110 cm³/mol. The smallest absolute Gasteiger partial charge is 0.166 e. The number of rotatable bonds is 8. The molecule has 4 nitrogen and oxygen atoms in total. The third-order valence-corrected chi connectivity index (χ3v) is 4.24. The Morgan fingerprint density at radius 1 is 0.643 bits per heavy atom. The molecule has 0 aliphatic heterocycles. The van der Waals surface area contributed by atoms with Gasteiger partial charge in [0.05, 0.1) is 5.52 Å². The topological polar surface area (TPSA) is 40.6 Å². The fraction of sp³-hybridized carbons (Fsp3) is 0.125. The molecule has 1 aromatic heterocycles. The van der Waals surface area contributed by atoms with Gasteiger partial charge in [0.1, 0.15) is 30.5 Å². The van der Waals surface area contributed by atoms with Crippen molar-refractivity contribution < 1.29 is 14.2 Å². The van der Waals surface area contributed by atoms with Gasteiger partial charge in [0.15, 0.2) is 6.10 Å². The summed E-state index contributed by atoms with van der Waals surface area (Å²) in [5.74, 6) is 2.37. The monoisotopic (exact) mass is 371 g/mol. The highest BCUT2D eigenvalue weighted by Crippen LogP contribution is 2.21. The molecule has 0 saturated carbocycles. The molecule has 0 amide bonds. The Morgan fingerprint density at radius 3 is 1.93 bits per heavy atom. The molecule has 0 N–H and O–H groups in total. The molecule has 0 atom stereocenters. The van der Waals surface area contributed by atoms with Crippen LogP contribution in [0.15, 0.2) is 97.2 Å². The van der Waals surface area contributed by atoms with Crippen molar-refractivity contribution in [1.82, 2.24) is 4.98 Å². The van der Waals surface area contributed by atoms with E-state index in [9.17, 15) is 0 Å². The summed E-state index contributed by atoms with van der Waals surface area (Å²) < 4.78 is 18.0. The Morgan fingerprint density at radius 2 is 1.29 bits per heavy atom. The van der Waals surface area contributed by atoms with Crippen molar-refractivity contribution in [2.75, 3.05) is 13.2 Å². The highest BCUT2D eigenvalue weighted by Gasteiger charge is 2.14. The van der Waals surface area contributed by atoms with Crippen LogP contribution in [0.25, 0.3) is 10.9 Å². The third-order valence-electron chi connectivity index (χ3n) is 4.24. The summed E-state index contributed by atoms with van der Waals surface area (Å²) in [5, 5.41) is 1.03. The molecular formula is C24H21NO3. The number of ether oxygens (including phenoxy) is 3. The van der Waals surface area contributed by atoms with Crippen LogP contribution in [0.3, 0.4) is 0 Å². The van der Waals surface area contributed by atoms with E-state index in [1.54, 1.807) is 6.20 Å². The number of hydrogen-bond acceptors (Lipinski definition) is 4. The van der Waals surface area contributed by atoms with E-state index in [1.807, 2.05) is 91.0 Å².